The molecule has 0 saturated carbocycles. The number of pyridine rings is 1. The second-order valence-electron chi connectivity index (χ2n) is 2.93. The molecule has 0 saturated heterocycles. The molecule has 0 aliphatic heterocycles. The first-order valence-corrected chi connectivity index (χ1v) is 6.00. The molecule has 0 fully saturated rings. The van der Waals surface area contributed by atoms with Gasteiger partial charge in [0.1, 0.15) is 0 Å². The number of hydrogen-bond acceptors (Lipinski definition) is 2. The number of nitrogens with one attached hydrogen (secondary N) is 1. The predicted molar refractivity (Wildman–Crippen MR) is 64.3 cm³/mol. The summed E-state index contributed by atoms with van der Waals surface area (Å²) in [5.41, 5.74) is 2.06. The van der Waals surface area contributed by atoms with Crippen LogP contribution in [0.1, 0.15) is 17.8 Å². The standard InChI is InChI=1S/C10H13IN2O/c1-12-10(14)6-5-8-3-2-4-9(7-11)13-8/h2-4H,5-7H2,1H3,(H,12,14). The van der Waals surface area contributed by atoms with E-state index in [-0.39, 0.29) is 5.91 Å². The quantitative estimate of drug-likeness (QED) is 0.679. The molecular formula is C10H13IN2O. The molecule has 0 aromatic carbocycles. The number of amides is 1. The van der Waals surface area contributed by atoms with Gasteiger partial charge in [0.25, 0.3) is 0 Å². The first kappa shape index (κ1) is 11.4. The molecule has 0 unspecified atom stereocenters. The van der Waals surface area contributed by atoms with Crippen molar-refractivity contribution in [2.45, 2.75) is 17.3 Å². The average Bonchev–Trinajstić information content (AvgIpc) is 2.26. The number of halogens is 1. The van der Waals surface area contributed by atoms with Crippen LogP contribution in [0.2, 0.25) is 0 Å². The van der Waals surface area contributed by atoms with Crippen LogP contribution in [0.25, 0.3) is 0 Å². The van der Waals surface area contributed by atoms with E-state index in [1.54, 1.807) is 7.05 Å². The summed E-state index contributed by atoms with van der Waals surface area (Å²) in [5, 5.41) is 2.60. The van der Waals surface area contributed by atoms with Gasteiger partial charge in [-0.1, -0.05) is 28.7 Å². The first-order valence-electron chi connectivity index (χ1n) is 4.47. The second-order valence-corrected chi connectivity index (χ2v) is 3.69. The lowest BCUT2D eigenvalue weighted by molar-refractivity contribution is -0.120. The number of aryl methyl sites for hydroxylation is 1. The highest BCUT2D eigenvalue weighted by molar-refractivity contribution is 14.1. The Bertz CT molecular complexity index is 315. The fourth-order valence-electron chi connectivity index (χ4n) is 1.11. The van der Waals surface area contributed by atoms with Gasteiger partial charge in [0.05, 0.1) is 5.69 Å². The van der Waals surface area contributed by atoms with E-state index in [1.807, 2.05) is 18.2 Å². The summed E-state index contributed by atoms with van der Waals surface area (Å²) in [6, 6.07) is 5.94. The van der Waals surface area contributed by atoms with Crippen molar-refractivity contribution in [2.75, 3.05) is 7.05 Å². The number of nitrogens with zero attached hydrogens (tertiary/aromatic N) is 1. The zero-order valence-corrected chi connectivity index (χ0v) is 10.2. The Morgan fingerprint density at radius 3 is 2.86 bits per heavy atom. The van der Waals surface area contributed by atoms with E-state index in [0.717, 1.165) is 15.8 Å². The summed E-state index contributed by atoms with van der Waals surface area (Å²) in [6.45, 7) is 0. The van der Waals surface area contributed by atoms with Crippen molar-refractivity contribution in [3.05, 3.63) is 29.6 Å². The highest BCUT2D eigenvalue weighted by atomic mass is 127. The van der Waals surface area contributed by atoms with Gasteiger partial charge >= 0.3 is 0 Å². The lowest BCUT2D eigenvalue weighted by atomic mass is 10.2. The van der Waals surface area contributed by atoms with Crippen molar-refractivity contribution in [3.63, 3.8) is 0 Å². The molecule has 76 valence electrons. The number of aromatic nitrogens is 1. The van der Waals surface area contributed by atoms with Crippen LogP contribution < -0.4 is 5.32 Å². The lowest BCUT2D eigenvalue weighted by Gasteiger charge is -2.01. The molecule has 1 rings (SSSR count). The maximum absolute atomic E-state index is 11.0. The summed E-state index contributed by atoms with van der Waals surface area (Å²) in [4.78, 5) is 15.4. The molecule has 0 radical (unpaired) electrons. The van der Waals surface area contributed by atoms with E-state index < -0.39 is 0 Å². The number of alkyl halides is 1. The third kappa shape index (κ3) is 3.61. The Balaban J connectivity index is 2.54. The van der Waals surface area contributed by atoms with Gasteiger partial charge in [-0.15, -0.1) is 0 Å². The average molecular weight is 304 g/mol. The van der Waals surface area contributed by atoms with Gasteiger partial charge in [0, 0.05) is 23.6 Å². The molecule has 1 heterocycles. The minimum atomic E-state index is 0.0617. The van der Waals surface area contributed by atoms with E-state index in [9.17, 15) is 4.79 Å². The molecule has 0 atom stereocenters. The van der Waals surface area contributed by atoms with Crippen LogP contribution in [-0.4, -0.2) is 17.9 Å². The molecule has 14 heavy (non-hydrogen) atoms. The van der Waals surface area contributed by atoms with Gasteiger partial charge in [-0.05, 0) is 18.6 Å². The number of hydrogen-bond donors (Lipinski definition) is 1. The first-order chi connectivity index (χ1) is 6.76. The Morgan fingerprint density at radius 1 is 1.50 bits per heavy atom. The van der Waals surface area contributed by atoms with Crippen LogP contribution >= 0.6 is 22.6 Å². The molecule has 1 amide bonds. The Hall–Kier alpha value is -0.650. The van der Waals surface area contributed by atoms with E-state index in [2.05, 4.69) is 32.9 Å². The molecule has 0 aliphatic rings. The maximum Gasteiger partial charge on any atom is 0.220 e. The molecule has 0 aliphatic carbocycles. The van der Waals surface area contributed by atoms with Gasteiger partial charge < -0.3 is 5.32 Å². The molecule has 3 nitrogen and oxygen atoms in total. The number of rotatable bonds is 4. The largest absolute Gasteiger partial charge is 0.359 e. The minimum absolute atomic E-state index is 0.0617. The van der Waals surface area contributed by atoms with Crippen molar-refractivity contribution in [2.24, 2.45) is 0 Å². The van der Waals surface area contributed by atoms with Gasteiger partial charge in [-0.2, -0.15) is 0 Å². The molecule has 4 heteroatoms. The molecule has 0 spiro atoms. The Labute approximate surface area is 97.4 Å². The molecular weight excluding hydrogens is 291 g/mol. The lowest BCUT2D eigenvalue weighted by Crippen LogP contribution is -2.18. The highest BCUT2D eigenvalue weighted by Crippen LogP contribution is 2.05. The van der Waals surface area contributed by atoms with Crippen LogP contribution in [-0.2, 0) is 15.6 Å². The van der Waals surface area contributed by atoms with Gasteiger partial charge in [0.2, 0.25) is 5.91 Å². The monoisotopic (exact) mass is 304 g/mol. The van der Waals surface area contributed by atoms with Crippen LogP contribution in [0.15, 0.2) is 18.2 Å². The zero-order valence-electron chi connectivity index (χ0n) is 8.09. The highest BCUT2D eigenvalue weighted by Gasteiger charge is 2.01. The molecule has 0 bridgehead atoms. The second kappa shape index (κ2) is 5.95. The van der Waals surface area contributed by atoms with Crippen LogP contribution in [0.5, 0.6) is 0 Å². The number of carbonyl (C=O) groups excluding carboxylic acids is 1. The fourth-order valence-corrected chi connectivity index (χ4v) is 1.53. The van der Waals surface area contributed by atoms with Crippen molar-refractivity contribution < 1.29 is 4.79 Å². The summed E-state index contributed by atoms with van der Waals surface area (Å²) in [6.07, 6.45) is 1.22. The van der Waals surface area contributed by atoms with Gasteiger partial charge in [-0.3, -0.25) is 9.78 Å². The Morgan fingerprint density at radius 2 is 2.21 bits per heavy atom. The van der Waals surface area contributed by atoms with E-state index in [0.29, 0.717) is 12.8 Å². The minimum Gasteiger partial charge on any atom is -0.359 e. The number of carbonyl (C=O) groups is 1. The summed E-state index contributed by atoms with van der Waals surface area (Å²) >= 11 is 2.28. The molecule has 1 aromatic heterocycles. The van der Waals surface area contributed by atoms with Crippen LogP contribution in [0.3, 0.4) is 0 Å². The van der Waals surface area contributed by atoms with E-state index >= 15 is 0 Å². The molecule has 1 aromatic rings. The van der Waals surface area contributed by atoms with Crippen molar-refractivity contribution in [3.8, 4) is 0 Å². The predicted octanol–water partition coefficient (Wildman–Crippen LogP) is 1.70. The smallest absolute Gasteiger partial charge is 0.220 e. The third-order valence-corrected chi connectivity index (χ3v) is 2.67. The van der Waals surface area contributed by atoms with Gasteiger partial charge in [0.15, 0.2) is 0 Å². The Kier molecular flexibility index (Phi) is 4.86. The van der Waals surface area contributed by atoms with Crippen LogP contribution in [0, 0.1) is 0 Å². The van der Waals surface area contributed by atoms with Crippen LogP contribution in [0.4, 0.5) is 0 Å². The zero-order chi connectivity index (χ0) is 10.4. The maximum atomic E-state index is 11.0. The van der Waals surface area contributed by atoms with Crippen molar-refractivity contribution >= 4 is 28.5 Å². The summed E-state index contributed by atoms with van der Waals surface area (Å²) in [7, 11) is 1.65. The van der Waals surface area contributed by atoms with Gasteiger partial charge in [-0.25, -0.2) is 0 Å². The summed E-state index contributed by atoms with van der Waals surface area (Å²) < 4.78 is 0.908. The van der Waals surface area contributed by atoms with Crippen molar-refractivity contribution in [1.82, 2.24) is 10.3 Å². The SMILES string of the molecule is CNC(=O)CCc1cccc(CI)n1. The summed E-state index contributed by atoms with van der Waals surface area (Å²) in [5.74, 6) is 0.0617. The fraction of sp³-hybridized carbons (Fsp3) is 0.400. The molecule has 1 N–H and O–H groups in total. The topological polar surface area (TPSA) is 42.0 Å². The third-order valence-electron chi connectivity index (χ3n) is 1.89. The van der Waals surface area contributed by atoms with E-state index in [1.165, 1.54) is 0 Å². The normalized spacial score (nSPS) is 9.86. The van der Waals surface area contributed by atoms with Crippen molar-refractivity contribution in [1.29, 1.82) is 0 Å². The van der Waals surface area contributed by atoms with E-state index in [4.69, 9.17) is 0 Å².